The smallest absolute Gasteiger partial charge is 0.163 e. The summed E-state index contributed by atoms with van der Waals surface area (Å²) < 4.78 is 24.7. The number of ether oxygens (including phenoxy) is 2. The molecule has 38 heavy (non-hydrogen) atoms. The van der Waals surface area contributed by atoms with Gasteiger partial charge in [-0.05, 0) is 52.8 Å². The second-order valence-corrected chi connectivity index (χ2v) is 11.8. The Kier molecular flexibility index (Phi) is 7.42. The molecule has 0 radical (unpaired) electrons. The van der Waals surface area contributed by atoms with Gasteiger partial charge in [-0.15, -0.1) is 0 Å². The number of aliphatic hydroxyl groups excluding tert-OH is 2. The van der Waals surface area contributed by atoms with Gasteiger partial charge in [-0.3, -0.25) is 9.59 Å². The van der Waals surface area contributed by atoms with E-state index in [4.69, 9.17) is 9.47 Å². The summed E-state index contributed by atoms with van der Waals surface area (Å²) >= 11 is 0. The Morgan fingerprint density at radius 1 is 0.842 bits per heavy atom. The van der Waals surface area contributed by atoms with Crippen LogP contribution in [0.25, 0.3) is 0 Å². The fourth-order valence-electron chi connectivity index (χ4n) is 5.52. The molecule has 7 heteroatoms. The average Bonchev–Trinajstić information content (AvgIpc) is 2.80. The van der Waals surface area contributed by atoms with Crippen LogP contribution in [0.15, 0.2) is 65.1 Å². The molecule has 0 bridgehead atoms. The third-order valence-electron chi connectivity index (χ3n) is 7.22. The highest BCUT2D eigenvalue weighted by atomic mass is 19.1. The molecule has 0 aromatic heterocycles. The Morgan fingerprint density at radius 3 is 1.84 bits per heavy atom. The predicted octanol–water partition coefficient (Wildman–Crippen LogP) is 6.90. The van der Waals surface area contributed by atoms with E-state index < -0.39 is 16.7 Å². The standard InChI is InChI=1S/C31H35FO6/c1-30(2)13-22(33)28(23(34)14-30)27(29-24(35)15-31(3,4)16-25(29)36)18-6-11-26(37-5)19(12-18)17-38-21-9-7-20(32)8-10-21/h6-12,27,33,35H,13-17H2,1-5H3. The van der Waals surface area contributed by atoms with Crippen LogP contribution in [0.1, 0.15) is 70.4 Å². The second kappa shape index (κ2) is 10.3. The van der Waals surface area contributed by atoms with Gasteiger partial charge in [0.25, 0.3) is 0 Å². The number of methoxy groups -OCH3 is 1. The van der Waals surface area contributed by atoms with Crippen molar-refractivity contribution < 1.29 is 33.7 Å². The van der Waals surface area contributed by atoms with Crippen molar-refractivity contribution in [3.63, 3.8) is 0 Å². The molecule has 0 fully saturated rings. The zero-order valence-electron chi connectivity index (χ0n) is 22.6. The van der Waals surface area contributed by atoms with Crippen molar-refractivity contribution in [1.29, 1.82) is 0 Å². The lowest BCUT2D eigenvalue weighted by molar-refractivity contribution is -0.119. The molecule has 0 unspecified atom stereocenters. The van der Waals surface area contributed by atoms with E-state index in [9.17, 15) is 24.2 Å². The van der Waals surface area contributed by atoms with Crippen molar-refractivity contribution >= 4 is 11.6 Å². The molecule has 202 valence electrons. The highest BCUT2D eigenvalue weighted by Gasteiger charge is 2.43. The third-order valence-corrected chi connectivity index (χ3v) is 7.22. The summed E-state index contributed by atoms with van der Waals surface area (Å²) in [4.78, 5) is 26.9. The Bertz CT molecular complexity index is 1260. The number of hydrogen-bond donors (Lipinski definition) is 2. The highest BCUT2D eigenvalue weighted by Crippen LogP contribution is 2.48. The largest absolute Gasteiger partial charge is 0.512 e. The van der Waals surface area contributed by atoms with E-state index in [0.29, 0.717) is 22.6 Å². The molecule has 2 aromatic carbocycles. The van der Waals surface area contributed by atoms with E-state index in [1.54, 1.807) is 18.2 Å². The summed E-state index contributed by atoms with van der Waals surface area (Å²) in [6.45, 7) is 7.73. The molecule has 0 saturated heterocycles. The van der Waals surface area contributed by atoms with Crippen LogP contribution < -0.4 is 9.47 Å². The molecule has 2 aliphatic carbocycles. The monoisotopic (exact) mass is 522 g/mol. The fraction of sp³-hybridized carbons (Fsp3) is 0.419. The van der Waals surface area contributed by atoms with Crippen LogP contribution in [0.3, 0.4) is 0 Å². The molecule has 0 atom stereocenters. The van der Waals surface area contributed by atoms with Gasteiger partial charge in [-0.2, -0.15) is 0 Å². The van der Waals surface area contributed by atoms with Gasteiger partial charge in [0.2, 0.25) is 0 Å². The number of Topliss-reactive ketones (excluding diaryl/α,β-unsaturated/α-hetero) is 2. The van der Waals surface area contributed by atoms with Crippen LogP contribution >= 0.6 is 0 Å². The van der Waals surface area contributed by atoms with E-state index in [0.717, 1.165) is 0 Å². The lowest BCUT2D eigenvalue weighted by Crippen LogP contribution is -2.33. The van der Waals surface area contributed by atoms with Gasteiger partial charge in [0.15, 0.2) is 11.6 Å². The van der Waals surface area contributed by atoms with Crippen molar-refractivity contribution in [1.82, 2.24) is 0 Å². The first-order valence-corrected chi connectivity index (χ1v) is 12.8. The summed E-state index contributed by atoms with van der Waals surface area (Å²) in [6, 6.07) is 10.9. The van der Waals surface area contributed by atoms with Gasteiger partial charge in [-0.25, -0.2) is 4.39 Å². The van der Waals surface area contributed by atoms with Crippen molar-refractivity contribution in [3.8, 4) is 11.5 Å². The van der Waals surface area contributed by atoms with Crippen LogP contribution in [0.2, 0.25) is 0 Å². The molecule has 2 N–H and O–H groups in total. The van der Waals surface area contributed by atoms with E-state index in [1.807, 2.05) is 27.7 Å². The van der Waals surface area contributed by atoms with E-state index >= 15 is 0 Å². The fourth-order valence-corrected chi connectivity index (χ4v) is 5.52. The van der Waals surface area contributed by atoms with Gasteiger partial charge in [0, 0.05) is 48.3 Å². The SMILES string of the molecule is COc1ccc(C(C2=C(O)CC(C)(C)CC2=O)C2=C(O)CC(C)(C)CC2=O)cc1COc1ccc(F)cc1. The Balaban J connectivity index is 1.83. The lowest BCUT2D eigenvalue weighted by Gasteiger charge is -2.36. The second-order valence-electron chi connectivity index (χ2n) is 11.8. The summed E-state index contributed by atoms with van der Waals surface area (Å²) in [6.07, 6.45) is 1.00. The molecular formula is C31H35FO6. The quantitative estimate of drug-likeness (QED) is 0.411. The molecule has 2 aromatic rings. The summed E-state index contributed by atoms with van der Waals surface area (Å²) in [7, 11) is 1.52. The van der Waals surface area contributed by atoms with E-state index in [1.165, 1.54) is 31.4 Å². The minimum absolute atomic E-state index is 0.0610. The number of rotatable bonds is 7. The normalized spacial score (nSPS) is 19.2. The number of carbonyl (C=O) groups excluding carboxylic acids is 2. The first-order chi connectivity index (χ1) is 17.8. The molecule has 0 heterocycles. The van der Waals surface area contributed by atoms with Crippen LogP contribution in [-0.4, -0.2) is 28.9 Å². The van der Waals surface area contributed by atoms with Crippen molar-refractivity contribution in [2.24, 2.45) is 10.8 Å². The highest BCUT2D eigenvalue weighted by molar-refractivity contribution is 6.05. The number of carbonyl (C=O) groups is 2. The van der Waals surface area contributed by atoms with E-state index in [2.05, 4.69) is 0 Å². The summed E-state index contributed by atoms with van der Waals surface area (Å²) in [5.74, 6) is -0.936. The van der Waals surface area contributed by atoms with Gasteiger partial charge in [0.1, 0.15) is 35.4 Å². The Morgan fingerprint density at radius 2 is 1.37 bits per heavy atom. The summed E-state index contributed by atoms with van der Waals surface area (Å²) in [5.41, 5.74) is 0.653. The maximum Gasteiger partial charge on any atom is 0.163 e. The van der Waals surface area contributed by atoms with Crippen LogP contribution in [0, 0.1) is 16.6 Å². The number of halogens is 1. The average molecular weight is 523 g/mol. The summed E-state index contributed by atoms with van der Waals surface area (Å²) in [5, 5.41) is 22.2. The van der Waals surface area contributed by atoms with Gasteiger partial charge < -0.3 is 19.7 Å². The molecule has 0 spiro atoms. The van der Waals surface area contributed by atoms with Gasteiger partial charge >= 0.3 is 0 Å². The molecule has 4 rings (SSSR count). The zero-order chi connectivity index (χ0) is 27.8. The molecule has 2 aliphatic rings. The lowest BCUT2D eigenvalue weighted by atomic mass is 9.67. The zero-order valence-corrected chi connectivity index (χ0v) is 22.6. The number of allylic oxidation sites excluding steroid dienone is 4. The Hall–Kier alpha value is -3.61. The predicted molar refractivity (Wildman–Crippen MR) is 142 cm³/mol. The maximum absolute atomic E-state index is 13.5. The maximum atomic E-state index is 13.5. The van der Waals surface area contributed by atoms with Gasteiger partial charge in [-0.1, -0.05) is 33.8 Å². The molecular weight excluding hydrogens is 487 g/mol. The molecule has 6 nitrogen and oxygen atoms in total. The van der Waals surface area contributed by atoms with Gasteiger partial charge in [0.05, 0.1) is 7.11 Å². The first kappa shape index (κ1) is 27.4. The van der Waals surface area contributed by atoms with Crippen molar-refractivity contribution in [3.05, 3.63) is 82.1 Å². The number of benzene rings is 2. The molecule has 0 amide bonds. The Labute approximate surface area is 222 Å². The van der Waals surface area contributed by atoms with Crippen molar-refractivity contribution in [2.45, 2.75) is 65.9 Å². The number of aliphatic hydroxyl groups is 2. The number of ketones is 2. The number of hydrogen-bond acceptors (Lipinski definition) is 6. The molecule has 0 aliphatic heterocycles. The van der Waals surface area contributed by atoms with Crippen LogP contribution in [-0.2, 0) is 16.2 Å². The van der Waals surface area contributed by atoms with Crippen molar-refractivity contribution in [2.75, 3.05) is 7.11 Å². The first-order valence-electron chi connectivity index (χ1n) is 12.8. The minimum atomic E-state index is -0.933. The minimum Gasteiger partial charge on any atom is -0.512 e. The molecule has 0 saturated carbocycles. The van der Waals surface area contributed by atoms with Crippen LogP contribution in [0.5, 0.6) is 11.5 Å². The van der Waals surface area contributed by atoms with Crippen LogP contribution in [0.4, 0.5) is 4.39 Å². The topological polar surface area (TPSA) is 93.1 Å². The third kappa shape index (κ3) is 5.77. The van der Waals surface area contributed by atoms with E-state index in [-0.39, 0.29) is 72.3 Å².